The van der Waals surface area contributed by atoms with Crippen LogP contribution in [0.1, 0.15) is 16.3 Å². The fourth-order valence-corrected chi connectivity index (χ4v) is 1.99. The van der Waals surface area contributed by atoms with Crippen molar-refractivity contribution in [3.63, 3.8) is 0 Å². The summed E-state index contributed by atoms with van der Waals surface area (Å²) in [5.41, 5.74) is 6.17. The van der Waals surface area contributed by atoms with Crippen LogP contribution < -0.4 is 11.1 Å². The van der Waals surface area contributed by atoms with E-state index in [0.29, 0.717) is 23.9 Å². The number of carbonyl (C=O) groups excluding carboxylic acids is 1. The number of pyridine rings is 1. The quantitative estimate of drug-likeness (QED) is 0.669. The predicted molar refractivity (Wildman–Crippen MR) is 75.9 cm³/mol. The van der Waals surface area contributed by atoms with Crippen LogP contribution >= 0.6 is 0 Å². The topological polar surface area (TPSA) is 96.7 Å². The number of aromatic amines is 1. The van der Waals surface area contributed by atoms with Crippen LogP contribution in [0.25, 0.3) is 10.8 Å². The van der Waals surface area contributed by atoms with Crippen LogP contribution in [-0.2, 0) is 6.54 Å². The van der Waals surface area contributed by atoms with Gasteiger partial charge in [0.1, 0.15) is 17.3 Å². The molecule has 1 amide bonds. The molecular weight excluding hydrogens is 254 g/mol. The van der Waals surface area contributed by atoms with E-state index < -0.39 is 0 Å². The highest BCUT2D eigenvalue weighted by Gasteiger charge is 2.10. The molecule has 2 heterocycles. The molecule has 0 bridgehead atoms. The van der Waals surface area contributed by atoms with Gasteiger partial charge >= 0.3 is 0 Å². The minimum absolute atomic E-state index is 0.279. The molecule has 0 spiro atoms. The summed E-state index contributed by atoms with van der Waals surface area (Å²) in [5.74, 6) is 0.761. The van der Waals surface area contributed by atoms with E-state index in [1.807, 2.05) is 24.3 Å². The molecule has 0 aliphatic heterocycles. The third-order valence-electron chi connectivity index (χ3n) is 2.97. The molecule has 0 unspecified atom stereocenters. The number of H-pyrrole nitrogens is 1. The number of nitrogens with zero attached hydrogens (tertiary/aromatic N) is 2. The zero-order valence-corrected chi connectivity index (χ0v) is 10.6. The lowest BCUT2D eigenvalue weighted by atomic mass is 10.1. The van der Waals surface area contributed by atoms with Gasteiger partial charge in [0, 0.05) is 17.8 Å². The Kier molecular flexibility index (Phi) is 3.04. The lowest BCUT2D eigenvalue weighted by molar-refractivity contribution is 0.0945. The lowest BCUT2D eigenvalue weighted by Crippen LogP contribution is -2.24. The van der Waals surface area contributed by atoms with Crippen molar-refractivity contribution >= 4 is 22.5 Å². The van der Waals surface area contributed by atoms with Gasteiger partial charge in [0.05, 0.1) is 6.54 Å². The highest BCUT2D eigenvalue weighted by Crippen LogP contribution is 2.19. The molecule has 0 aliphatic carbocycles. The third kappa shape index (κ3) is 2.31. The Bertz CT molecular complexity index is 751. The number of nitrogen functional groups attached to an aromatic ring is 1. The Labute approximate surface area is 115 Å². The lowest BCUT2D eigenvalue weighted by Gasteiger charge is -2.06. The monoisotopic (exact) mass is 267 g/mol. The highest BCUT2D eigenvalue weighted by molar-refractivity contribution is 5.99. The second-order valence-corrected chi connectivity index (χ2v) is 4.33. The number of hydrogen-bond donors (Lipinski definition) is 3. The highest BCUT2D eigenvalue weighted by atomic mass is 16.1. The number of amides is 1. The molecule has 100 valence electrons. The fraction of sp³-hybridized carbons (Fsp3) is 0.0714. The van der Waals surface area contributed by atoms with Gasteiger partial charge in [-0.3, -0.25) is 4.79 Å². The maximum Gasteiger partial charge on any atom is 0.270 e. The van der Waals surface area contributed by atoms with E-state index >= 15 is 0 Å². The van der Waals surface area contributed by atoms with Crippen molar-refractivity contribution in [1.82, 2.24) is 20.3 Å². The molecule has 0 aliphatic rings. The maximum absolute atomic E-state index is 12.1. The largest absolute Gasteiger partial charge is 0.383 e. The number of carbonyl (C=O) groups is 1. The van der Waals surface area contributed by atoms with Crippen LogP contribution in [-0.4, -0.2) is 20.9 Å². The normalized spacial score (nSPS) is 10.6. The molecule has 6 nitrogen and oxygen atoms in total. The second kappa shape index (κ2) is 5.00. The van der Waals surface area contributed by atoms with E-state index in [1.54, 1.807) is 18.5 Å². The first kappa shape index (κ1) is 12.2. The first-order valence-electron chi connectivity index (χ1n) is 6.16. The number of benzene rings is 1. The average molecular weight is 267 g/mol. The molecule has 0 atom stereocenters. The van der Waals surface area contributed by atoms with E-state index in [9.17, 15) is 4.79 Å². The van der Waals surface area contributed by atoms with Gasteiger partial charge in [0.2, 0.25) is 0 Å². The van der Waals surface area contributed by atoms with Crippen LogP contribution in [0.5, 0.6) is 0 Å². The molecule has 3 aromatic rings. The Morgan fingerprint density at radius 2 is 2.20 bits per heavy atom. The minimum Gasteiger partial charge on any atom is -0.383 e. The summed E-state index contributed by atoms with van der Waals surface area (Å²) in [6.07, 6.45) is 3.33. The second-order valence-electron chi connectivity index (χ2n) is 4.33. The van der Waals surface area contributed by atoms with Gasteiger partial charge < -0.3 is 16.0 Å². The number of nitrogens with one attached hydrogen (secondary N) is 2. The zero-order chi connectivity index (χ0) is 13.9. The molecule has 20 heavy (non-hydrogen) atoms. The Balaban J connectivity index is 1.84. The van der Waals surface area contributed by atoms with E-state index in [1.165, 1.54) is 0 Å². The SMILES string of the molecule is Nc1nc(C(=O)NCc2ncc[nH]2)cc2ccccc12. The van der Waals surface area contributed by atoms with Crippen molar-refractivity contribution < 1.29 is 4.79 Å². The van der Waals surface area contributed by atoms with E-state index in [-0.39, 0.29) is 5.91 Å². The van der Waals surface area contributed by atoms with Gasteiger partial charge in [-0.05, 0) is 11.5 Å². The van der Waals surface area contributed by atoms with E-state index in [0.717, 1.165) is 10.8 Å². The number of hydrogen-bond acceptors (Lipinski definition) is 4. The standard InChI is InChI=1S/C14H13N5O/c15-13-10-4-2-1-3-9(10)7-11(19-13)14(20)18-8-12-16-5-6-17-12/h1-7H,8H2,(H2,15,19)(H,16,17)(H,18,20). The van der Waals surface area contributed by atoms with Crippen molar-refractivity contribution in [2.24, 2.45) is 0 Å². The molecular formula is C14H13N5O. The first-order valence-corrected chi connectivity index (χ1v) is 6.16. The van der Waals surface area contributed by atoms with Gasteiger partial charge in [0.25, 0.3) is 5.91 Å². The Morgan fingerprint density at radius 3 is 3.00 bits per heavy atom. The summed E-state index contributed by atoms with van der Waals surface area (Å²) < 4.78 is 0. The summed E-state index contributed by atoms with van der Waals surface area (Å²) in [6, 6.07) is 9.28. The maximum atomic E-state index is 12.1. The number of aromatic nitrogens is 3. The molecule has 3 rings (SSSR count). The molecule has 1 aromatic carbocycles. The molecule has 6 heteroatoms. The summed E-state index contributed by atoms with van der Waals surface area (Å²) in [6.45, 7) is 0.320. The molecule has 0 saturated carbocycles. The summed E-state index contributed by atoms with van der Waals surface area (Å²) in [5, 5.41) is 4.48. The molecule has 0 saturated heterocycles. The van der Waals surface area contributed by atoms with Crippen molar-refractivity contribution in [2.45, 2.75) is 6.54 Å². The number of rotatable bonds is 3. The van der Waals surface area contributed by atoms with Crippen LogP contribution in [0.3, 0.4) is 0 Å². The number of nitrogens with two attached hydrogens (primary N) is 1. The van der Waals surface area contributed by atoms with Crippen molar-refractivity contribution in [3.05, 3.63) is 54.2 Å². The van der Waals surface area contributed by atoms with Crippen LogP contribution in [0, 0.1) is 0 Å². The third-order valence-corrected chi connectivity index (χ3v) is 2.97. The summed E-state index contributed by atoms with van der Waals surface area (Å²) in [4.78, 5) is 23.1. The molecule has 2 aromatic heterocycles. The smallest absolute Gasteiger partial charge is 0.270 e. The van der Waals surface area contributed by atoms with Gasteiger partial charge in [-0.15, -0.1) is 0 Å². The summed E-state index contributed by atoms with van der Waals surface area (Å²) >= 11 is 0. The first-order chi connectivity index (χ1) is 9.74. The van der Waals surface area contributed by atoms with Gasteiger partial charge in [-0.25, -0.2) is 9.97 Å². The molecule has 0 fully saturated rings. The van der Waals surface area contributed by atoms with Crippen molar-refractivity contribution in [3.8, 4) is 0 Å². The number of imidazole rings is 1. The van der Waals surface area contributed by atoms with Gasteiger partial charge in [-0.1, -0.05) is 24.3 Å². The van der Waals surface area contributed by atoms with Gasteiger partial charge in [-0.2, -0.15) is 0 Å². The van der Waals surface area contributed by atoms with Gasteiger partial charge in [0.15, 0.2) is 0 Å². The van der Waals surface area contributed by atoms with Crippen molar-refractivity contribution in [2.75, 3.05) is 5.73 Å². The Hall–Kier alpha value is -2.89. The average Bonchev–Trinajstić information content (AvgIpc) is 2.98. The predicted octanol–water partition coefficient (Wildman–Crippen LogP) is 1.47. The van der Waals surface area contributed by atoms with Crippen LogP contribution in [0.2, 0.25) is 0 Å². The van der Waals surface area contributed by atoms with E-state index in [4.69, 9.17) is 5.73 Å². The van der Waals surface area contributed by atoms with Crippen molar-refractivity contribution in [1.29, 1.82) is 0 Å². The van der Waals surface area contributed by atoms with E-state index in [2.05, 4.69) is 20.3 Å². The summed E-state index contributed by atoms with van der Waals surface area (Å²) in [7, 11) is 0. The van der Waals surface area contributed by atoms with Crippen LogP contribution in [0.4, 0.5) is 5.82 Å². The Morgan fingerprint density at radius 1 is 1.35 bits per heavy atom. The molecule has 0 radical (unpaired) electrons. The fourth-order valence-electron chi connectivity index (χ4n) is 1.99. The minimum atomic E-state index is -0.279. The number of fused-ring (bicyclic) bond motifs is 1. The molecule has 4 N–H and O–H groups in total. The zero-order valence-electron chi connectivity index (χ0n) is 10.6. The van der Waals surface area contributed by atoms with Crippen LogP contribution in [0.15, 0.2) is 42.7 Å². The number of anilines is 1.